The molecule has 6 aromatic carbocycles. The molecule has 8 nitrogen and oxygen atoms in total. The number of hydrogen-bond donors (Lipinski definition) is 0. The van der Waals surface area contributed by atoms with E-state index in [1.165, 1.54) is 22.3 Å². The van der Waals surface area contributed by atoms with Crippen LogP contribution >= 0.6 is 0 Å². The SMILES string of the molecule is Cc1ccc(/C(N=Nc2ccccc2)=N/[N-]c2c(C)cc(C)cc2C)cc1.Cc1ccc(/C(N=Nc2ccccc2)=N/[N-]c2c(C)cc(C)cc2C)cc1.[Zn+2]. The van der Waals surface area contributed by atoms with Crippen LogP contribution in [0.3, 0.4) is 0 Å². The summed E-state index contributed by atoms with van der Waals surface area (Å²) in [5.41, 5.74) is 23.2. The third-order valence-corrected chi connectivity index (χ3v) is 8.41. The van der Waals surface area contributed by atoms with Gasteiger partial charge in [0.2, 0.25) is 0 Å². The molecule has 0 aliphatic carbocycles. The molecule has 0 aromatic heterocycles. The summed E-state index contributed by atoms with van der Waals surface area (Å²) in [6.45, 7) is 16.5. The van der Waals surface area contributed by atoms with Gasteiger partial charge in [-0.25, -0.2) is 0 Å². The van der Waals surface area contributed by atoms with Gasteiger partial charge in [0.05, 0.1) is 11.4 Å². The Morgan fingerprint density at radius 2 is 0.691 bits per heavy atom. The average Bonchev–Trinajstić information content (AvgIpc) is 3.15. The van der Waals surface area contributed by atoms with Crippen LogP contribution in [0.5, 0.6) is 0 Å². The van der Waals surface area contributed by atoms with Gasteiger partial charge in [0.1, 0.15) is 0 Å². The van der Waals surface area contributed by atoms with Crippen LogP contribution in [0.4, 0.5) is 22.7 Å². The molecule has 0 aliphatic rings. The van der Waals surface area contributed by atoms with Gasteiger partial charge in [0, 0.05) is 11.1 Å². The topological polar surface area (TPSA) is 102 Å². The fourth-order valence-electron chi connectivity index (χ4n) is 5.73. The Morgan fingerprint density at radius 1 is 0.382 bits per heavy atom. The summed E-state index contributed by atoms with van der Waals surface area (Å²) in [6.07, 6.45) is 0. The van der Waals surface area contributed by atoms with Crippen molar-refractivity contribution in [3.05, 3.63) is 200 Å². The molecule has 0 unspecified atom stereocenters. The van der Waals surface area contributed by atoms with Crippen LogP contribution < -0.4 is 0 Å². The van der Waals surface area contributed by atoms with E-state index >= 15 is 0 Å². The minimum atomic E-state index is 0. The van der Waals surface area contributed by atoms with Crippen molar-refractivity contribution in [2.45, 2.75) is 55.4 Å². The molecule has 0 spiro atoms. The normalized spacial score (nSPS) is 11.6. The first-order valence-corrected chi connectivity index (χ1v) is 17.9. The second-order valence-electron chi connectivity index (χ2n) is 13.3. The van der Waals surface area contributed by atoms with Gasteiger partial charge < -0.3 is 21.1 Å². The first-order chi connectivity index (χ1) is 26.0. The van der Waals surface area contributed by atoms with E-state index in [1.54, 1.807) is 0 Å². The van der Waals surface area contributed by atoms with Gasteiger partial charge >= 0.3 is 19.5 Å². The van der Waals surface area contributed by atoms with Gasteiger partial charge in [-0.2, -0.15) is 0 Å². The van der Waals surface area contributed by atoms with Crippen molar-refractivity contribution < 1.29 is 19.5 Å². The summed E-state index contributed by atoms with van der Waals surface area (Å²) in [4.78, 5) is 0. The summed E-state index contributed by atoms with van der Waals surface area (Å²) < 4.78 is 0. The Balaban J connectivity index is 0.000000240. The zero-order valence-corrected chi connectivity index (χ0v) is 36.0. The van der Waals surface area contributed by atoms with Gasteiger partial charge in [-0.15, -0.1) is 31.8 Å². The van der Waals surface area contributed by atoms with E-state index in [1.807, 2.05) is 137 Å². The van der Waals surface area contributed by atoms with E-state index < -0.39 is 0 Å². The third-order valence-electron chi connectivity index (χ3n) is 8.41. The number of rotatable bonds is 8. The molecule has 272 valence electrons. The van der Waals surface area contributed by atoms with E-state index in [-0.39, 0.29) is 19.5 Å². The van der Waals surface area contributed by atoms with Crippen molar-refractivity contribution in [1.29, 1.82) is 0 Å². The Labute approximate surface area is 338 Å². The number of aryl methyl sites for hydroxylation is 8. The molecule has 0 heterocycles. The first kappa shape index (κ1) is 41.8. The van der Waals surface area contributed by atoms with Crippen molar-refractivity contribution in [3.8, 4) is 0 Å². The molecular weight excluding hydrogens is 730 g/mol. The summed E-state index contributed by atoms with van der Waals surface area (Å²) in [6, 6.07) is 43.8. The maximum absolute atomic E-state index is 4.49. The fourth-order valence-corrected chi connectivity index (χ4v) is 5.73. The standard InChI is InChI=1S/2C23H23N4.Zn/c2*1-16-10-12-20(13-11-16)23(26-24-21-8-6-5-7-9-21)27-25-22-18(3)14-17(2)15-19(22)4;/h2*5-15H,1-4H3;/q2*-1;+2/b2*26-24?,27-23-;. The molecule has 6 rings (SSSR count). The summed E-state index contributed by atoms with van der Waals surface area (Å²) in [5, 5.41) is 26.2. The number of amidine groups is 2. The molecule has 0 saturated heterocycles. The molecule has 55 heavy (non-hydrogen) atoms. The van der Waals surface area contributed by atoms with Gasteiger partial charge in [-0.05, 0) is 79.7 Å². The molecule has 0 bridgehead atoms. The molecule has 0 amide bonds. The zero-order valence-electron chi connectivity index (χ0n) is 33.0. The van der Waals surface area contributed by atoms with E-state index in [0.717, 1.165) is 56.1 Å². The van der Waals surface area contributed by atoms with Crippen LogP contribution in [0.2, 0.25) is 0 Å². The predicted molar refractivity (Wildman–Crippen MR) is 225 cm³/mol. The smallest absolute Gasteiger partial charge is 0.573 e. The molecule has 0 fully saturated rings. The van der Waals surface area contributed by atoms with Gasteiger partial charge in [-0.1, -0.05) is 154 Å². The molecule has 0 atom stereocenters. The van der Waals surface area contributed by atoms with Crippen LogP contribution in [0.25, 0.3) is 10.9 Å². The number of benzene rings is 6. The van der Waals surface area contributed by atoms with E-state index in [0.29, 0.717) is 11.7 Å². The number of azo groups is 2. The molecule has 0 N–H and O–H groups in total. The summed E-state index contributed by atoms with van der Waals surface area (Å²) >= 11 is 0. The minimum Gasteiger partial charge on any atom is -0.573 e. The Morgan fingerprint density at radius 3 is 1.00 bits per heavy atom. The average molecular weight is 776 g/mol. The van der Waals surface area contributed by atoms with Crippen LogP contribution in [0.1, 0.15) is 55.6 Å². The largest absolute Gasteiger partial charge is 2.00 e. The maximum atomic E-state index is 4.49. The molecule has 0 aliphatic heterocycles. The molecule has 6 aromatic rings. The minimum absolute atomic E-state index is 0. The second-order valence-corrected chi connectivity index (χ2v) is 13.3. The van der Waals surface area contributed by atoms with Gasteiger partial charge in [-0.3, -0.25) is 0 Å². The van der Waals surface area contributed by atoms with Crippen molar-refractivity contribution >= 4 is 34.4 Å². The molecule has 9 heteroatoms. The zero-order chi connectivity index (χ0) is 38.5. The monoisotopic (exact) mass is 774 g/mol. The first-order valence-electron chi connectivity index (χ1n) is 17.9. The number of nitrogens with zero attached hydrogens (tertiary/aromatic N) is 8. The third kappa shape index (κ3) is 12.6. The Hall–Kier alpha value is -5.92. The maximum Gasteiger partial charge on any atom is 2.00 e. The van der Waals surface area contributed by atoms with Crippen LogP contribution in [-0.4, -0.2) is 11.7 Å². The number of hydrogen-bond acceptors (Lipinski definition) is 4. The summed E-state index contributed by atoms with van der Waals surface area (Å²) in [5.74, 6) is 0.969. The molecule has 0 saturated carbocycles. The van der Waals surface area contributed by atoms with Gasteiger partial charge in [0.15, 0.2) is 11.7 Å². The van der Waals surface area contributed by atoms with Crippen molar-refractivity contribution in [2.75, 3.05) is 0 Å². The van der Waals surface area contributed by atoms with Crippen LogP contribution in [0.15, 0.2) is 164 Å². The van der Waals surface area contributed by atoms with Crippen LogP contribution in [-0.2, 0) is 19.5 Å². The summed E-state index contributed by atoms with van der Waals surface area (Å²) in [7, 11) is 0. The Bertz CT molecular complexity index is 2070. The van der Waals surface area contributed by atoms with Crippen molar-refractivity contribution in [2.24, 2.45) is 30.7 Å². The van der Waals surface area contributed by atoms with E-state index in [4.69, 9.17) is 0 Å². The predicted octanol–water partition coefficient (Wildman–Crippen LogP) is 14.1. The van der Waals surface area contributed by atoms with E-state index in [2.05, 4.69) is 93.5 Å². The van der Waals surface area contributed by atoms with Crippen molar-refractivity contribution in [3.63, 3.8) is 0 Å². The van der Waals surface area contributed by atoms with Gasteiger partial charge in [0.25, 0.3) is 0 Å². The molecule has 0 radical (unpaired) electrons. The fraction of sp³-hybridized carbons (Fsp3) is 0.174. The van der Waals surface area contributed by atoms with E-state index in [9.17, 15) is 0 Å². The second kappa shape index (κ2) is 20.5. The van der Waals surface area contributed by atoms with Crippen LogP contribution in [0, 0.1) is 55.4 Å². The quantitative estimate of drug-likeness (QED) is 0.0483. The van der Waals surface area contributed by atoms with Crippen molar-refractivity contribution in [1.82, 2.24) is 0 Å². The molecular formula is C46H46N8Zn. The Kier molecular flexibility index (Phi) is 15.6.